The molecule has 1 aromatic carbocycles. The highest BCUT2D eigenvalue weighted by molar-refractivity contribution is 9.10. The van der Waals surface area contributed by atoms with Gasteiger partial charge in [0, 0.05) is 16.6 Å². The summed E-state index contributed by atoms with van der Waals surface area (Å²) in [7, 11) is 0. The Kier molecular flexibility index (Phi) is 3.35. The highest BCUT2D eigenvalue weighted by Crippen LogP contribution is 2.23. The first-order valence-electron chi connectivity index (χ1n) is 3.59. The standard InChI is InChI=1S/C8H8BrF2NO/c9-4-1-5(7(13)3-12)8(11)6(10)2-4/h1-2,7,13H,3,12H2. The molecule has 72 valence electrons. The first-order chi connectivity index (χ1) is 6.06. The smallest absolute Gasteiger partial charge is 0.164 e. The van der Waals surface area contributed by atoms with E-state index in [4.69, 9.17) is 5.73 Å². The lowest BCUT2D eigenvalue weighted by Gasteiger charge is -2.09. The zero-order valence-electron chi connectivity index (χ0n) is 6.60. The van der Waals surface area contributed by atoms with Crippen LogP contribution in [0.3, 0.4) is 0 Å². The Labute approximate surface area is 82.5 Å². The zero-order chi connectivity index (χ0) is 10.0. The van der Waals surface area contributed by atoms with Gasteiger partial charge in [-0.05, 0) is 12.1 Å². The number of halogens is 3. The van der Waals surface area contributed by atoms with Crippen LogP contribution < -0.4 is 5.73 Å². The molecule has 0 bridgehead atoms. The normalized spacial score (nSPS) is 13.0. The maximum atomic E-state index is 13.0. The Hall–Kier alpha value is -0.520. The van der Waals surface area contributed by atoms with E-state index in [0.717, 1.165) is 6.07 Å². The lowest BCUT2D eigenvalue weighted by molar-refractivity contribution is 0.180. The third-order valence-electron chi connectivity index (χ3n) is 1.60. The van der Waals surface area contributed by atoms with E-state index >= 15 is 0 Å². The van der Waals surface area contributed by atoms with Gasteiger partial charge >= 0.3 is 0 Å². The van der Waals surface area contributed by atoms with Gasteiger partial charge in [-0.25, -0.2) is 8.78 Å². The molecule has 1 unspecified atom stereocenters. The fraction of sp³-hybridized carbons (Fsp3) is 0.250. The number of hydrogen-bond donors (Lipinski definition) is 2. The molecule has 3 N–H and O–H groups in total. The topological polar surface area (TPSA) is 46.2 Å². The van der Waals surface area contributed by atoms with Crippen molar-refractivity contribution in [1.82, 2.24) is 0 Å². The molecule has 0 aliphatic rings. The number of benzene rings is 1. The van der Waals surface area contributed by atoms with Gasteiger partial charge < -0.3 is 10.8 Å². The summed E-state index contributed by atoms with van der Waals surface area (Å²) in [5.41, 5.74) is 4.99. The summed E-state index contributed by atoms with van der Waals surface area (Å²) in [5, 5.41) is 9.21. The van der Waals surface area contributed by atoms with E-state index in [1.54, 1.807) is 0 Å². The SMILES string of the molecule is NCC(O)c1cc(Br)cc(F)c1F. The Morgan fingerprint density at radius 3 is 2.62 bits per heavy atom. The maximum Gasteiger partial charge on any atom is 0.164 e. The molecule has 0 amide bonds. The molecule has 5 heteroatoms. The Morgan fingerprint density at radius 1 is 1.46 bits per heavy atom. The molecule has 0 aliphatic heterocycles. The van der Waals surface area contributed by atoms with E-state index in [-0.39, 0.29) is 12.1 Å². The van der Waals surface area contributed by atoms with Crippen LogP contribution >= 0.6 is 15.9 Å². The number of rotatable bonds is 2. The molecule has 2 nitrogen and oxygen atoms in total. The number of aliphatic hydroxyl groups excluding tert-OH is 1. The highest BCUT2D eigenvalue weighted by atomic mass is 79.9. The van der Waals surface area contributed by atoms with Gasteiger partial charge in [0.05, 0.1) is 6.10 Å². The molecule has 1 atom stereocenters. The molecule has 0 radical (unpaired) electrons. The van der Waals surface area contributed by atoms with Gasteiger partial charge in [-0.2, -0.15) is 0 Å². The van der Waals surface area contributed by atoms with Gasteiger partial charge in [0.25, 0.3) is 0 Å². The first-order valence-corrected chi connectivity index (χ1v) is 4.38. The van der Waals surface area contributed by atoms with Crippen molar-refractivity contribution in [1.29, 1.82) is 0 Å². The highest BCUT2D eigenvalue weighted by Gasteiger charge is 2.15. The Bertz CT molecular complexity index is 319. The molecule has 0 heterocycles. The summed E-state index contributed by atoms with van der Waals surface area (Å²) in [6.07, 6.45) is -1.17. The molecule has 1 aromatic rings. The Morgan fingerprint density at radius 2 is 2.08 bits per heavy atom. The van der Waals surface area contributed by atoms with Crippen molar-refractivity contribution in [2.75, 3.05) is 6.54 Å². The maximum absolute atomic E-state index is 13.0. The van der Waals surface area contributed by atoms with E-state index in [2.05, 4.69) is 15.9 Å². The van der Waals surface area contributed by atoms with Crippen LogP contribution in [0.2, 0.25) is 0 Å². The van der Waals surface area contributed by atoms with Gasteiger partial charge in [0.15, 0.2) is 11.6 Å². The van der Waals surface area contributed by atoms with Crippen LogP contribution in [0, 0.1) is 11.6 Å². The van der Waals surface area contributed by atoms with Crippen LogP contribution in [-0.4, -0.2) is 11.7 Å². The van der Waals surface area contributed by atoms with Crippen LogP contribution in [-0.2, 0) is 0 Å². The molecular weight excluding hydrogens is 244 g/mol. The van der Waals surface area contributed by atoms with Gasteiger partial charge in [-0.3, -0.25) is 0 Å². The van der Waals surface area contributed by atoms with Crippen LogP contribution in [0.4, 0.5) is 8.78 Å². The van der Waals surface area contributed by atoms with E-state index in [1.165, 1.54) is 6.07 Å². The third kappa shape index (κ3) is 2.24. The van der Waals surface area contributed by atoms with Crippen molar-refractivity contribution in [3.05, 3.63) is 33.8 Å². The van der Waals surface area contributed by atoms with Gasteiger partial charge in [0.2, 0.25) is 0 Å². The minimum Gasteiger partial charge on any atom is -0.387 e. The predicted octanol–water partition coefficient (Wildman–Crippen LogP) is 1.72. The summed E-state index contributed by atoms with van der Waals surface area (Å²) in [4.78, 5) is 0. The number of hydrogen-bond acceptors (Lipinski definition) is 2. The van der Waals surface area contributed by atoms with E-state index < -0.39 is 17.7 Å². The van der Waals surface area contributed by atoms with Crippen LogP contribution in [0.25, 0.3) is 0 Å². The van der Waals surface area contributed by atoms with Crippen LogP contribution in [0.5, 0.6) is 0 Å². The van der Waals surface area contributed by atoms with E-state index in [1.807, 2.05) is 0 Å². The van der Waals surface area contributed by atoms with Crippen molar-refractivity contribution in [2.24, 2.45) is 5.73 Å². The lowest BCUT2D eigenvalue weighted by atomic mass is 10.1. The molecule has 0 aliphatic carbocycles. The van der Waals surface area contributed by atoms with Gasteiger partial charge in [0.1, 0.15) is 0 Å². The molecule has 1 rings (SSSR count). The second-order valence-corrected chi connectivity index (χ2v) is 3.46. The van der Waals surface area contributed by atoms with Gasteiger partial charge in [-0.15, -0.1) is 0 Å². The summed E-state index contributed by atoms with van der Waals surface area (Å²) in [6.45, 7) is -0.146. The van der Waals surface area contributed by atoms with Crippen LogP contribution in [0.15, 0.2) is 16.6 Å². The second-order valence-electron chi connectivity index (χ2n) is 2.54. The largest absolute Gasteiger partial charge is 0.387 e. The lowest BCUT2D eigenvalue weighted by Crippen LogP contribution is -2.13. The molecule has 0 aromatic heterocycles. The Balaban J connectivity index is 3.20. The van der Waals surface area contributed by atoms with E-state index in [9.17, 15) is 13.9 Å². The molecule has 0 saturated carbocycles. The number of nitrogens with two attached hydrogens (primary N) is 1. The number of aliphatic hydroxyl groups is 1. The first kappa shape index (κ1) is 10.6. The molecule has 0 spiro atoms. The monoisotopic (exact) mass is 251 g/mol. The van der Waals surface area contributed by atoms with Crippen LogP contribution in [0.1, 0.15) is 11.7 Å². The second kappa shape index (κ2) is 4.13. The molecule has 0 fully saturated rings. The van der Waals surface area contributed by atoms with Crippen molar-refractivity contribution in [2.45, 2.75) is 6.10 Å². The van der Waals surface area contributed by atoms with E-state index in [0.29, 0.717) is 4.47 Å². The summed E-state index contributed by atoms with van der Waals surface area (Å²) in [5.74, 6) is -2.06. The van der Waals surface area contributed by atoms with Crippen molar-refractivity contribution >= 4 is 15.9 Å². The summed E-state index contributed by atoms with van der Waals surface area (Å²) >= 11 is 2.99. The predicted molar refractivity (Wildman–Crippen MR) is 48.1 cm³/mol. The average molecular weight is 252 g/mol. The molecular formula is C8H8BrF2NO. The minimum atomic E-state index is -1.17. The van der Waals surface area contributed by atoms with Crippen molar-refractivity contribution < 1.29 is 13.9 Å². The minimum absolute atomic E-state index is 0.130. The summed E-state index contributed by atoms with van der Waals surface area (Å²) < 4.78 is 26.2. The fourth-order valence-electron chi connectivity index (χ4n) is 0.945. The summed E-state index contributed by atoms with van der Waals surface area (Å²) in [6, 6.07) is 2.29. The van der Waals surface area contributed by atoms with Crippen molar-refractivity contribution in [3.8, 4) is 0 Å². The van der Waals surface area contributed by atoms with Crippen molar-refractivity contribution in [3.63, 3.8) is 0 Å². The average Bonchev–Trinajstić information content (AvgIpc) is 2.10. The third-order valence-corrected chi connectivity index (χ3v) is 2.06. The van der Waals surface area contributed by atoms with Gasteiger partial charge in [-0.1, -0.05) is 15.9 Å². The molecule has 13 heavy (non-hydrogen) atoms. The molecule has 0 saturated heterocycles. The fourth-order valence-corrected chi connectivity index (χ4v) is 1.39. The quantitative estimate of drug-likeness (QED) is 0.787. The zero-order valence-corrected chi connectivity index (χ0v) is 8.18.